The molecule has 1 amide bonds. The zero-order valence-corrected chi connectivity index (χ0v) is 12.2. The Balaban J connectivity index is 2.07. The molecule has 2 heterocycles. The van der Waals surface area contributed by atoms with Crippen LogP contribution < -0.4 is 5.90 Å². The zero-order valence-electron chi connectivity index (χ0n) is 12.2. The summed E-state index contributed by atoms with van der Waals surface area (Å²) in [6, 6.07) is 1.90. The number of hydrogen-bond acceptors (Lipinski definition) is 5. The van der Waals surface area contributed by atoms with E-state index in [1.54, 1.807) is 11.1 Å². The van der Waals surface area contributed by atoms with Crippen LogP contribution in [0.2, 0.25) is 0 Å². The fraction of sp³-hybridized carbons (Fsp3) is 0.692. The van der Waals surface area contributed by atoms with Gasteiger partial charge < -0.3 is 14.5 Å². The smallest absolute Gasteiger partial charge is 0.410 e. The monoisotopic (exact) mass is 282 g/mol. The van der Waals surface area contributed by atoms with Gasteiger partial charge in [0.05, 0.1) is 18.7 Å². The lowest BCUT2D eigenvalue weighted by molar-refractivity contribution is 0.0103. The fourth-order valence-corrected chi connectivity index (χ4v) is 2.39. The molecule has 2 rings (SSSR count). The quantitative estimate of drug-likeness (QED) is 0.845. The molecular weight excluding hydrogens is 260 g/mol. The molecule has 1 saturated heterocycles. The van der Waals surface area contributed by atoms with Crippen LogP contribution in [0.1, 0.15) is 33.2 Å². The molecule has 1 aromatic heterocycles. The van der Waals surface area contributed by atoms with Gasteiger partial charge in [0.15, 0.2) is 0 Å². The van der Waals surface area contributed by atoms with Crippen LogP contribution in [0.25, 0.3) is 0 Å². The van der Waals surface area contributed by atoms with Crippen molar-refractivity contribution in [3.05, 3.63) is 18.5 Å². The predicted octanol–water partition coefficient (Wildman–Crippen LogP) is 1.32. The van der Waals surface area contributed by atoms with E-state index in [4.69, 9.17) is 15.5 Å². The number of aromatic nitrogens is 2. The van der Waals surface area contributed by atoms with Crippen molar-refractivity contribution in [2.24, 2.45) is 5.90 Å². The number of likely N-dealkylation sites (tertiary alicyclic amines) is 1. The van der Waals surface area contributed by atoms with Gasteiger partial charge in [-0.25, -0.2) is 10.7 Å². The summed E-state index contributed by atoms with van der Waals surface area (Å²) >= 11 is 0. The zero-order chi connectivity index (χ0) is 14.8. The second kappa shape index (κ2) is 5.80. The normalized spacial score (nSPS) is 23.1. The molecule has 112 valence electrons. The first-order valence-corrected chi connectivity index (χ1v) is 6.71. The molecule has 2 N–H and O–H groups in total. The molecule has 0 saturated carbocycles. The second-order valence-electron chi connectivity index (χ2n) is 6.00. The number of carbonyl (C=O) groups excluding carboxylic acids is 1. The van der Waals surface area contributed by atoms with Gasteiger partial charge in [-0.05, 0) is 33.3 Å². The van der Waals surface area contributed by atoms with Crippen LogP contribution in [0.15, 0.2) is 18.5 Å². The topological polar surface area (TPSA) is 82.6 Å². The molecule has 7 heteroatoms. The molecule has 0 bridgehead atoms. The number of ether oxygens (including phenoxy) is 1. The largest absolute Gasteiger partial charge is 0.444 e. The molecule has 7 nitrogen and oxygen atoms in total. The van der Waals surface area contributed by atoms with Gasteiger partial charge in [-0.3, -0.25) is 4.68 Å². The van der Waals surface area contributed by atoms with E-state index in [0.29, 0.717) is 6.54 Å². The lowest BCUT2D eigenvalue weighted by atomic mass is 10.2. The first kappa shape index (κ1) is 14.8. The van der Waals surface area contributed by atoms with E-state index < -0.39 is 5.60 Å². The summed E-state index contributed by atoms with van der Waals surface area (Å²) < 4.78 is 7.28. The summed E-state index contributed by atoms with van der Waals surface area (Å²) in [6.45, 7) is 6.38. The third-order valence-corrected chi connectivity index (χ3v) is 3.21. The molecule has 0 aromatic carbocycles. The van der Waals surface area contributed by atoms with Crippen molar-refractivity contribution in [2.75, 3.05) is 13.2 Å². The fourth-order valence-electron chi connectivity index (χ4n) is 2.39. The highest BCUT2D eigenvalue weighted by atomic mass is 16.6. The molecule has 0 aliphatic carbocycles. The number of carbonyl (C=O) groups is 1. The van der Waals surface area contributed by atoms with Gasteiger partial charge in [0.2, 0.25) is 0 Å². The summed E-state index contributed by atoms with van der Waals surface area (Å²) in [4.78, 5) is 18.6. The average molecular weight is 282 g/mol. The predicted molar refractivity (Wildman–Crippen MR) is 72.7 cm³/mol. The van der Waals surface area contributed by atoms with Gasteiger partial charge in [-0.1, -0.05) is 0 Å². The van der Waals surface area contributed by atoms with E-state index >= 15 is 0 Å². The number of nitrogens with zero attached hydrogens (tertiary/aromatic N) is 3. The summed E-state index contributed by atoms with van der Waals surface area (Å²) in [5.41, 5.74) is -0.519. The van der Waals surface area contributed by atoms with Crippen LogP contribution in [0.5, 0.6) is 0 Å². The van der Waals surface area contributed by atoms with Gasteiger partial charge in [-0.2, -0.15) is 5.10 Å². The van der Waals surface area contributed by atoms with Crippen LogP contribution >= 0.6 is 0 Å². The Bertz CT molecular complexity index is 441. The molecule has 1 fully saturated rings. The maximum Gasteiger partial charge on any atom is 0.410 e. The Kier molecular flexibility index (Phi) is 4.29. The lowest BCUT2D eigenvalue weighted by Crippen LogP contribution is -2.42. The van der Waals surface area contributed by atoms with Gasteiger partial charge in [0.1, 0.15) is 5.60 Å². The van der Waals surface area contributed by atoms with Crippen LogP contribution in [-0.2, 0) is 9.57 Å². The van der Waals surface area contributed by atoms with E-state index in [9.17, 15) is 4.79 Å². The van der Waals surface area contributed by atoms with E-state index in [1.165, 1.54) is 0 Å². The molecule has 1 aromatic rings. The Morgan fingerprint density at radius 2 is 2.25 bits per heavy atom. The van der Waals surface area contributed by atoms with E-state index in [1.807, 2.05) is 37.7 Å². The summed E-state index contributed by atoms with van der Waals surface area (Å²) in [6.07, 6.45) is 4.03. The van der Waals surface area contributed by atoms with Gasteiger partial charge in [0.25, 0.3) is 0 Å². The molecule has 0 radical (unpaired) electrons. The molecular formula is C13H22N4O3. The second-order valence-corrected chi connectivity index (χ2v) is 6.00. The molecule has 1 aliphatic heterocycles. The van der Waals surface area contributed by atoms with Crippen LogP contribution in [0.3, 0.4) is 0 Å². The molecule has 1 aliphatic rings. The minimum absolute atomic E-state index is 0.0935. The van der Waals surface area contributed by atoms with Crippen molar-refractivity contribution in [1.29, 1.82) is 0 Å². The molecule has 20 heavy (non-hydrogen) atoms. The third-order valence-electron chi connectivity index (χ3n) is 3.21. The Labute approximate surface area is 118 Å². The van der Waals surface area contributed by atoms with E-state index in [-0.39, 0.29) is 24.8 Å². The first-order valence-electron chi connectivity index (χ1n) is 6.71. The summed E-state index contributed by atoms with van der Waals surface area (Å²) in [7, 11) is 0. The minimum atomic E-state index is -0.519. The Morgan fingerprint density at radius 3 is 2.80 bits per heavy atom. The van der Waals surface area contributed by atoms with Crippen LogP contribution in [-0.4, -0.2) is 45.6 Å². The highest BCUT2D eigenvalue weighted by Crippen LogP contribution is 2.28. The minimum Gasteiger partial charge on any atom is -0.444 e. The van der Waals surface area contributed by atoms with Crippen molar-refractivity contribution in [3.63, 3.8) is 0 Å². The lowest BCUT2D eigenvalue weighted by Gasteiger charge is -2.27. The number of hydrogen-bond donors (Lipinski definition) is 1. The van der Waals surface area contributed by atoms with Crippen LogP contribution in [0.4, 0.5) is 4.79 Å². The average Bonchev–Trinajstić information content (AvgIpc) is 2.94. The molecule has 0 unspecified atom stereocenters. The number of nitrogens with two attached hydrogens (primary N) is 1. The van der Waals surface area contributed by atoms with Crippen molar-refractivity contribution in [3.8, 4) is 0 Å². The van der Waals surface area contributed by atoms with Crippen molar-refractivity contribution in [2.45, 2.75) is 44.9 Å². The van der Waals surface area contributed by atoms with Gasteiger partial charge >= 0.3 is 6.09 Å². The number of rotatable bonds is 3. The standard InChI is InChI=1S/C13H22N4O3/c1-13(2,3)20-12(18)16-8-10(7-11(16)9-19-14)17-6-4-5-15-17/h4-6,10-11H,7-9,14H2,1-3H3/t10-,11-/m0/s1. The van der Waals surface area contributed by atoms with Gasteiger partial charge in [0, 0.05) is 18.9 Å². The van der Waals surface area contributed by atoms with Crippen LogP contribution in [0, 0.1) is 0 Å². The first-order chi connectivity index (χ1) is 9.40. The highest BCUT2D eigenvalue weighted by Gasteiger charge is 2.38. The maximum absolute atomic E-state index is 12.2. The van der Waals surface area contributed by atoms with Crippen molar-refractivity contribution >= 4 is 6.09 Å². The van der Waals surface area contributed by atoms with E-state index in [2.05, 4.69) is 5.10 Å². The SMILES string of the molecule is CC(C)(C)OC(=O)N1C[C@@H](n2cccn2)C[C@H]1CON. The van der Waals surface area contributed by atoms with Crippen molar-refractivity contribution < 1.29 is 14.4 Å². The highest BCUT2D eigenvalue weighted by molar-refractivity contribution is 5.69. The number of amides is 1. The maximum atomic E-state index is 12.2. The Morgan fingerprint density at radius 1 is 1.50 bits per heavy atom. The van der Waals surface area contributed by atoms with Crippen molar-refractivity contribution in [1.82, 2.24) is 14.7 Å². The van der Waals surface area contributed by atoms with Gasteiger partial charge in [-0.15, -0.1) is 0 Å². The summed E-state index contributed by atoms with van der Waals surface area (Å²) in [5, 5.41) is 4.23. The third kappa shape index (κ3) is 3.49. The Hall–Kier alpha value is -1.60. The van der Waals surface area contributed by atoms with E-state index in [0.717, 1.165) is 6.42 Å². The summed E-state index contributed by atoms with van der Waals surface area (Å²) in [5.74, 6) is 5.16. The molecule has 0 spiro atoms. The molecule has 2 atom stereocenters.